The second-order valence-corrected chi connectivity index (χ2v) is 5.87. The minimum Gasteiger partial charge on any atom is -0.493 e. The third-order valence-corrected chi connectivity index (χ3v) is 2.98. The van der Waals surface area contributed by atoms with Gasteiger partial charge in [-0.05, 0) is 56.9 Å². The summed E-state index contributed by atoms with van der Waals surface area (Å²) in [6.07, 6.45) is 7.56. The molecule has 1 heteroatoms. The van der Waals surface area contributed by atoms with Crippen LogP contribution in [0.5, 0.6) is 0 Å². The van der Waals surface area contributed by atoms with E-state index in [4.69, 9.17) is 4.74 Å². The van der Waals surface area contributed by atoms with Crippen molar-refractivity contribution in [2.75, 3.05) is 0 Å². The van der Waals surface area contributed by atoms with Crippen molar-refractivity contribution >= 4 is 5.57 Å². The molecule has 0 saturated carbocycles. The molecular formula is C18H22O. The van der Waals surface area contributed by atoms with Gasteiger partial charge >= 0.3 is 0 Å². The molecule has 0 heterocycles. The summed E-state index contributed by atoms with van der Waals surface area (Å²) in [7, 11) is 0. The quantitative estimate of drug-likeness (QED) is 0.666. The summed E-state index contributed by atoms with van der Waals surface area (Å²) in [5, 5.41) is 0. The average molecular weight is 254 g/mol. The molecule has 1 aliphatic carbocycles. The monoisotopic (exact) mass is 254 g/mol. The molecule has 0 spiro atoms. The molecule has 2 rings (SSSR count). The van der Waals surface area contributed by atoms with Crippen LogP contribution in [0.4, 0.5) is 0 Å². The minimum absolute atomic E-state index is 0.140. The van der Waals surface area contributed by atoms with Crippen molar-refractivity contribution in [3.05, 3.63) is 65.5 Å². The first kappa shape index (κ1) is 13.7. The molecule has 0 unspecified atom stereocenters. The molecule has 1 nitrogen and oxygen atoms in total. The van der Waals surface area contributed by atoms with Gasteiger partial charge in [0.05, 0.1) is 5.76 Å². The fraction of sp³-hybridized carbons (Fsp3) is 0.333. The predicted molar refractivity (Wildman–Crippen MR) is 81.7 cm³/mol. The van der Waals surface area contributed by atoms with Crippen LogP contribution < -0.4 is 0 Å². The highest BCUT2D eigenvalue weighted by atomic mass is 16.5. The number of rotatable bonds is 2. The van der Waals surface area contributed by atoms with Crippen molar-refractivity contribution in [2.24, 2.45) is 0 Å². The zero-order valence-corrected chi connectivity index (χ0v) is 12.2. The highest BCUT2D eigenvalue weighted by Crippen LogP contribution is 2.27. The van der Waals surface area contributed by atoms with E-state index >= 15 is 0 Å². The van der Waals surface area contributed by atoms with Crippen molar-refractivity contribution in [2.45, 2.75) is 39.7 Å². The molecule has 0 saturated heterocycles. The van der Waals surface area contributed by atoms with Gasteiger partial charge in [-0.3, -0.25) is 0 Å². The zero-order valence-electron chi connectivity index (χ0n) is 12.2. The predicted octanol–water partition coefficient (Wildman–Crippen LogP) is 5.12. The number of benzene rings is 1. The molecule has 0 radical (unpaired) electrons. The first-order chi connectivity index (χ1) is 8.96. The Morgan fingerprint density at radius 2 is 1.79 bits per heavy atom. The molecule has 1 aromatic carbocycles. The van der Waals surface area contributed by atoms with Crippen molar-refractivity contribution < 1.29 is 4.74 Å². The molecule has 0 amide bonds. The molecule has 0 aromatic heterocycles. The second kappa shape index (κ2) is 5.48. The second-order valence-electron chi connectivity index (χ2n) is 5.87. The highest BCUT2D eigenvalue weighted by molar-refractivity contribution is 5.77. The van der Waals surface area contributed by atoms with Crippen LogP contribution in [0.2, 0.25) is 0 Å². The van der Waals surface area contributed by atoms with Gasteiger partial charge in [-0.25, -0.2) is 0 Å². The van der Waals surface area contributed by atoms with E-state index in [0.717, 1.165) is 12.2 Å². The standard InChI is InChI=1S/C18H22O/c1-14(19-18(2,3)4)16-11-8-12-17(13-16)15-9-6-5-7-10-15/h5-10,12-13H,11H2,1-4H3. The molecular weight excluding hydrogens is 232 g/mol. The summed E-state index contributed by atoms with van der Waals surface area (Å²) in [6.45, 7) is 8.30. The van der Waals surface area contributed by atoms with Crippen LogP contribution in [-0.2, 0) is 4.74 Å². The Bertz CT molecular complexity index is 525. The number of ether oxygens (including phenoxy) is 1. The molecule has 0 aliphatic heterocycles. The van der Waals surface area contributed by atoms with E-state index in [-0.39, 0.29) is 5.60 Å². The van der Waals surface area contributed by atoms with Gasteiger partial charge in [0.2, 0.25) is 0 Å². The van der Waals surface area contributed by atoms with Crippen molar-refractivity contribution in [1.29, 1.82) is 0 Å². The van der Waals surface area contributed by atoms with E-state index in [9.17, 15) is 0 Å². The summed E-state index contributed by atoms with van der Waals surface area (Å²) in [4.78, 5) is 0. The number of allylic oxidation sites excluding steroid dienone is 6. The first-order valence-corrected chi connectivity index (χ1v) is 6.78. The fourth-order valence-electron chi connectivity index (χ4n) is 2.19. The summed E-state index contributed by atoms with van der Waals surface area (Å²) in [5.41, 5.74) is 3.62. The lowest BCUT2D eigenvalue weighted by Crippen LogP contribution is -2.18. The van der Waals surface area contributed by atoms with Gasteiger partial charge < -0.3 is 4.74 Å². The van der Waals surface area contributed by atoms with Gasteiger partial charge in [0.25, 0.3) is 0 Å². The third-order valence-electron chi connectivity index (χ3n) is 2.98. The maximum absolute atomic E-state index is 5.96. The first-order valence-electron chi connectivity index (χ1n) is 6.78. The SMILES string of the molecule is CC(OC(C)(C)C)=C1C=C(c2ccccc2)C=CC1. The Morgan fingerprint density at radius 1 is 1.11 bits per heavy atom. The van der Waals surface area contributed by atoms with Crippen LogP contribution in [0, 0.1) is 0 Å². The lowest BCUT2D eigenvalue weighted by Gasteiger charge is -2.24. The Balaban J connectivity index is 2.29. The zero-order chi connectivity index (χ0) is 13.9. The largest absolute Gasteiger partial charge is 0.493 e. The van der Waals surface area contributed by atoms with E-state index < -0.39 is 0 Å². The topological polar surface area (TPSA) is 9.23 Å². The summed E-state index contributed by atoms with van der Waals surface area (Å²) >= 11 is 0. The van der Waals surface area contributed by atoms with Gasteiger partial charge in [-0.1, -0.05) is 42.5 Å². The fourth-order valence-corrected chi connectivity index (χ4v) is 2.19. The van der Waals surface area contributed by atoms with Crippen molar-refractivity contribution in [3.63, 3.8) is 0 Å². The molecule has 0 N–H and O–H groups in total. The average Bonchev–Trinajstić information content (AvgIpc) is 2.38. The Morgan fingerprint density at radius 3 is 2.42 bits per heavy atom. The van der Waals surface area contributed by atoms with Crippen LogP contribution in [0.1, 0.15) is 39.7 Å². The van der Waals surface area contributed by atoms with Crippen LogP contribution in [0.25, 0.3) is 5.57 Å². The van der Waals surface area contributed by atoms with E-state index in [1.54, 1.807) is 0 Å². The van der Waals surface area contributed by atoms with Crippen LogP contribution in [-0.4, -0.2) is 5.60 Å². The maximum atomic E-state index is 5.96. The van der Waals surface area contributed by atoms with Gasteiger partial charge in [-0.15, -0.1) is 0 Å². The van der Waals surface area contributed by atoms with E-state index in [1.807, 2.05) is 6.07 Å². The number of hydrogen-bond donors (Lipinski definition) is 0. The van der Waals surface area contributed by atoms with Gasteiger partial charge in [0.1, 0.15) is 5.60 Å². The van der Waals surface area contributed by atoms with Crippen LogP contribution in [0.15, 0.2) is 59.9 Å². The van der Waals surface area contributed by atoms with Crippen molar-refractivity contribution in [1.82, 2.24) is 0 Å². The van der Waals surface area contributed by atoms with E-state index in [2.05, 4.69) is 70.2 Å². The van der Waals surface area contributed by atoms with E-state index in [1.165, 1.54) is 16.7 Å². The Labute approximate surface area is 116 Å². The summed E-state index contributed by atoms with van der Waals surface area (Å²) in [6, 6.07) is 10.5. The Kier molecular flexibility index (Phi) is 3.94. The molecule has 0 fully saturated rings. The normalized spacial score (nSPS) is 18.0. The molecule has 0 atom stereocenters. The maximum Gasteiger partial charge on any atom is 0.100 e. The van der Waals surface area contributed by atoms with Crippen LogP contribution in [0.3, 0.4) is 0 Å². The lowest BCUT2D eigenvalue weighted by atomic mass is 9.96. The van der Waals surface area contributed by atoms with Crippen LogP contribution >= 0.6 is 0 Å². The molecule has 1 aromatic rings. The molecule has 100 valence electrons. The summed E-state index contributed by atoms with van der Waals surface area (Å²) in [5.74, 6) is 1.02. The van der Waals surface area contributed by atoms with E-state index in [0.29, 0.717) is 0 Å². The van der Waals surface area contributed by atoms with Crippen molar-refractivity contribution in [3.8, 4) is 0 Å². The highest BCUT2D eigenvalue weighted by Gasteiger charge is 2.14. The third kappa shape index (κ3) is 3.85. The van der Waals surface area contributed by atoms with Gasteiger partial charge in [0.15, 0.2) is 0 Å². The van der Waals surface area contributed by atoms with Gasteiger partial charge in [-0.2, -0.15) is 0 Å². The smallest absolute Gasteiger partial charge is 0.100 e. The molecule has 19 heavy (non-hydrogen) atoms. The molecule has 1 aliphatic rings. The lowest BCUT2D eigenvalue weighted by molar-refractivity contribution is 0.0517. The van der Waals surface area contributed by atoms with Gasteiger partial charge in [0, 0.05) is 0 Å². The summed E-state index contributed by atoms with van der Waals surface area (Å²) < 4.78 is 5.96. The minimum atomic E-state index is -0.140. The number of hydrogen-bond acceptors (Lipinski definition) is 1. The molecule has 0 bridgehead atoms. The Hall–Kier alpha value is -1.76.